The molecule has 4 rings (SSSR count). The van der Waals surface area contributed by atoms with Gasteiger partial charge in [-0.25, -0.2) is 0 Å². The van der Waals surface area contributed by atoms with E-state index in [2.05, 4.69) is 22.9 Å². The van der Waals surface area contributed by atoms with E-state index in [0.29, 0.717) is 17.3 Å². The van der Waals surface area contributed by atoms with Crippen molar-refractivity contribution in [2.24, 2.45) is 0 Å². The fourth-order valence-electron chi connectivity index (χ4n) is 3.31. The SMILES string of the molecule is CCn1ccc2cc(NC(=O)c3c(C)oc(-n4cccc4)c3C#N)ccc21. The van der Waals surface area contributed by atoms with Gasteiger partial charge in [0.25, 0.3) is 5.91 Å². The first-order valence-corrected chi connectivity index (χ1v) is 8.69. The van der Waals surface area contributed by atoms with Crippen LogP contribution in [0.2, 0.25) is 0 Å². The number of furan rings is 1. The number of nitrogens with one attached hydrogen (secondary N) is 1. The summed E-state index contributed by atoms with van der Waals surface area (Å²) >= 11 is 0. The summed E-state index contributed by atoms with van der Waals surface area (Å²) in [6, 6.07) is 13.5. The van der Waals surface area contributed by atoms with E-state index >= 15 is 0 Å². The lowest BCUT2D eigenvalue weighted by atomic mass is 10.1. The predicted molar refractivity (Wildman–Crippen MR) is 103 cm³/mol. The van der Waals surface area contributed by atoms with Crippen LogP contribution in [0.1, 0.15) is 28.6 Å². The maximum absolute atomic E-state index is 12.9. The van der Waals surface area contributed by atoms with Crippen LogP contribution < -0.4 is 5.32 Å². The summed E-state index contributed by atoms with van der Waals surface area (Å²) < 4.78 is 9.52. The van der Waals surface area contributed by atoms with Gasteiger partial charge in [0.1, 0.15) is 23.0 Å². The molecule has 134 valence electrons. The van der Waals surface area contributed by atoms with E-state index in [4.69, 9.17) is 4.42 Å². The number of carbonyl (C=O) groups is 1. The summed E-state index contributed by atoms with van der Waals surface area (Å²) in [4.78, 5) is 12.9. The molecular weight excluding hydrogens is 340 g/mol. The van der Waals surface area contributed by atoms with Crippen molar-refractivity contribution in [1.29, 1.82) is 5.26 Å². The predicted octanol–water partition coefficient (Wildman–Crippen LogP) is 4.48. The summed E-state index contributed by atoms with van der Waals surface area (Å²) in [5, 5.41) is 13.5. The van der Waals surface area contributed by atoms with Gasteiger partial charge in [-0.3, -0.25) is 9.36 Å². The number of carbonyl (C=O) groups excluding carboxylic acids is 1. The lowest BCUT2D eigenvalue weighted by molar-refractivity contribution is 0.102. The number of rotatable bonds is 4. The molecule has 0 saturated carbocycles. The molecule has 0 aliphatic heterocycles. The smallest absolute Gasteiger partial charge is 0.260 e. The standard InChI is InChI=1S/C21H18N4O2/c1-3-24-11-8-15-12-16(6-7-18(15)24)23-20(26)19-14(2)27-21(17(19)13-22)25-9-4-5-10-25/h4-12H,3H2,1-2H3,(H,23,26). The Hall–Kier alpha value is -3.72. The minimum Gasteiger partial charge on any atom is -0.443 e. The molecule has 3 heterocycles. The quantitative estimate of drug-likeness (QED) is 0.584. The number of hydrogen-bond donors (Lipinski definition) is 1. The van der Waals surface area contributed by atoms with E-state index in [9.17, 15) is 10.1 Å². The summed E-state index contributed by atoms with van der Waals surface area (Å²) in [5.74, 6) is 0.395. The average Bonchev–Trinajstić information content (AvgIpc) is 3.38. The van der Waals surface area contributed by atoms with Crippen molar-refractivity contribution in [3.8, 4) is 12.0 Å². The van der Waals surface area contributed by atoms with Crippen molar-refractivity contribution in [2.75, 3.05) is 5.32 Å². The maximum atomic E-state index is 12.9. The van der Waals surface area contributed by atoms with Crippen LogP contribution in [0.5, 0.6) is 0 Å². The molecule has 0 aliphatic rings. The minimum atomic E-state index is -0.361. The van der Waals surface area contributed by atoms with E-state index in [0.717, 1.165) is 17.4 Å². The second kappa shape index (κ2) is 6.54. The van der Waals surface area contributed by atoms with E-state index in [1.165, 1.54) is 0 Å². The Morgan fingerprint density at radius 3 is 2.70 bits per heavy atom. The summed E-state index contributed by atoms with van der Waals surface area (Å²) in [7, 11) is 0. The zero-order valence-electron chi connectivity index (χ0n) is 15.1. The first kappa shape index (κ1) is 16.7. The summed E-state index contributed by atoms with van der Waals surface area (Å²) in [6.45, 7) is 4.66. The summed E-state index contributed by atoms with van der Waals surface area (Å²) in [5.41, 5.74) is 2.27. The van der Waals surface area contributed by atoms with Gasteiger partial charge in [-0.05, 0) is 50.2 Å². The van der Waals surface area contributed by atoms with Crippen LogP contribution >= 0.6 is 0 Å². The van der Waals surface area contributed by atoms with Gasteiger partial charge in [0.2, 0.25) is 5.88 Å². The Balaban J connectivity index is 1.68. The molecule has 0 saturated heterocycles. The molecule has 0 spiro atoms. The number of fused-ring (bicyclic) bond motifs is 1. The Morgan fingerprint density at radius 1 is 1.22 bits per heavy atom. The normalized spacial score (nSPS) is 10.9. The van der Waals surface area contributed by atoms with Crippen LogP contribution in [0, 0.1) is 18.3 Å². The van der Waals surface area contributed by atoms with Crippen LogP contribution in [-0.4, -0.2) is 15.0 Å². The van der Waals surface area contributed by atoms with Crippen molar-refractivity contribution in [2.45, 2.75) is 20.4 Å². The monoisotopic (exact) mass is 358 g/mol. The summed E-state index contributed by atoms with van der Waals surface area (Å²) in [6.07, 6.45) is 5.56. The largest absolute Gasteiger partial charge is 0.443 e. The number of aryl methyl sites for hydroxylation is 2. The number of benzene rings is 1. The van der Waals surface area contributed by atoms with Crippen LogP contribution in [0.25, 0.3) is 16.8 Å². The maximum Gasteiger partial charge on any atom is 0.260 e. The number of anilines is 1. The first-order chi connectivity index (χ1) is 13.1. The van der Waals surface area contributed by atoms with Gasteiger partial charge in [-0.15, -0.1) is 0 Å². The Labute approximate surface area is 156 Å². The molecule has 0 atom stereocenters. The van der Waals surface area contributed by atoms with Gasteiger partial charge in [-0.1, -0.05) is 0 Å². The van der Waals surface area contributed by atoms with E-state index < -0.39 is 0 Å². The zero-order valence-corrected chi connectivity index (χ0v) is 15.1. The molecule has 3 aromatic heterocycles. The van der Waals surface area contributed by atoms with Crippen molar-refractivity contribution >= 4 is 22.5 Å². The van der Waals surface area contributed by atoms with Gasteiger partial charge in [0.15, 0.2) is 0 Å². The van der Waals surface area contributed by atoms with Crippen LogP contribution in [0.3, 0.4) is 0 Å². The van der Waals surface area contributed by atoms with Crippen LogP contribution in [0.15, 0.2) is 59.4 Å². The highest BCUT2D eigenvalue weighted by molar-refractivity contribution is 6.08. The number of nitriles is 1. The molecular formula is C21H18N4O2. The third kappa shape index (κ3) is 2.79. The Morgan fingerprint density at radius 2 is 2.00 bits per heavy atom. The fraction of sp³-hybridized carbons (Fsp3) is 0.143. The number of amides is 1. The number of aromatic nitrogens is 2. The molecule has 4 aromatic rings. The van der Waals surface area contributed by atoms with Crippen LogP contribution in [0.4, 0.5) is 5.69 Å². The van der Waals surface area contributed by atoms with Gasteiger partial charge in [0.05, 0.1) is 0 Å². The molecule has 1 aromatic carbocycles. The highest BCUT2D eigenvalue weighted by Crippen LogP contribution is 2.27. The third-order valence-electron chi connectivity index (χ3n) is 4.61. The second-order valence-corrected chi connectivity index (χ2v) is 6.24. The van der Waals surface area contributed by atoms with Gasteiger partial charge in [-0.2, -0.15) is 5.26 Å². The Kier molecular flexibility index (Phi) is 4.05. The van der Waals surface area contributed by atoms with Gasteiger partial charge < -0.3 is 14.3 Å². The number of hydrogen-bond acceptors (Lipinski definition) is 3. The molecule has 0 bridgehead atoms. The molecule has 6 nitrogen and oxygen atoms in total. The average molecular weight is 358 g/mol. The highest BCUT2D eigenvalue weighted by atomic mass is 16.4. The molecule has 0 aliphatic carbocycles. The van der Waals surface area contributed by atoms with Gasteiger partial charge >= 0.3 is 0 Å². The lowest BCUT2D eigenvalue weighted by Crippen LogP contribution is -2.14. The zero-order chi connectivity index (χ0) is 19.0. The third-order valence-corrected chi connectivity index (χ3v) is 4.61. The molecule has 1 amide bonds. The first-order valence-electron chi connectivity index (χ1n) is 8.69. The molecule has 0 fully saturated rings. The molecule has 0 unspecified atom stereocenters. The number of nitrogens with zero attached hydrogens (tertiary/aromatic N) is 3. The minimum absolute atomic E-state index is 0.222. The molecule has 27 heavy (non-hydrogen) atoms. The molecule has 1 N–H and O–H groups in total. The van der Waals surface area contributed by atoms with Crippen molar-refractivity contribution in [3.63, 3.8) is 0 Å². The highest BCUT2D eigenvalue weighted by Gasteiger charge is 2.24. The van der Waals surface area contributed by atoms with E-state index in [1.54, 1.807) is 23.9 Å². The van der Waals surface area contributed by atoms with Crippen molar-refractivity contribution in [1.82, 2.24) is 9.13 Å². The Bertz CT molecular complexity index is 1170. The van der Waals surface area contributed by atoms with Gasteiger partial charge in [0, 0.05) is 41.7 Å². The molecule has 0 radical (unpaired) electrons. The van der Waals surface area contributed by atoms with Crippen molar-refractivity contribution < 1.29 is 9.21 Å². The van der Waals surface area contributed by atoms with Crippen LogP contribution in [-0.2, 0) is 6.54 Å². The topological polar surface area (TPSA) is 75.9 Å². The second-order valence-electron chi connectivity index (χ2n) is 6.24. The molecule has 6 heteroatoms. The van der Waals surface area contributed by atoms with E-state index in [-0.39, 0.29) is 17.0 Å². The fourth-order valence-corrected chi connectivity index (χ4v) is 3.31. The van der Waals surface area contributed by atoms with E-state index in [1.807, 2.05) is 42.6 Å². The van der Waals surface area contributed by atoms with Crippen molar-refractivity contribution in [3.05, 3.63) is 71.9 Å². The lowest BCUT2D eigenvalue weighted by Gasteiger charge is -2.06.